The lowest BCUT2D eigenvalue weighted by atomic mass is 10.1. The van der Waals surface area contributed by atoms with Crippen molar-refractivity contribution in [3.05, 3.63) is 46.5 Å². The highest BCUT2D eigenvalue weighted by Gasteiger charge is 2.23. The summed E-state index contributed by atoms with van der Waals surface area (Å²) < 4.78 is 36.7. The second kappa shape index (κ2) is 5.99. The van der Waals surface area contributed by atoms with Gasteiger partial charge in [0.25, 0.3) is 5.91 Å². The van der Waals surface area contributed by atoms with E-state index in [0.29, 0.717) is 0 Å². The van der Waals surface area contributed by atoms with Crippen LogP contribution in [-0.4, -0.2) is 36.5 Å². The Morgan fingerprint density at radius 1 is 1.42 bits per heavy atom. The maximum atomic E-state index is 14.0. The lowest BCUT2D eigenvalue weighted by molar-refractivity contribution is 0.0778. The van der Waals surface area contributed by atoms with Crippen molar-refractivity contribution in [2.24, 2.45) is 5.14 Å². The monoisotopic (exact) mass is 352 g/mol. The third-order valence-corrected chi connectivity index (χ3v) is 5.03. The van der Waals surface area contributed by atoms with E-state index in [1.165, 1.54) is 11.9 Å². The second-order valence-corrected chi connectivity index (χ2v) is 7.39. The molecule has 0 bridgehead atoms. The number of carbonyl (C=O) groups excluding carboxylic acids is 1. The molecule has 1 aromatic heterocycles. The van der Waals surface area contributed by atoms with Crippen LogP contribution in [0.3, 0.4) is 0 Å². The van der Waals surface area contributed by atoms with Gasteiger partial charge in [0.2, 0.25) is 10.0 Å². The number of amides is 1. The summed E-state index contributed by atoms with van der Waals surface area (Å²) in [5.41, 5.74) is 2.60. The first-order chi connectivity index (χ1) is 11.3. The highest BCUT2D eigenvalue weighted by atomic mass is 32.2. The lowest BCUT2D eigenvalue weighted by Crippen LogP contribution is -2.28. The number of rotatable bonds is 4. The van der Waals surface area contributed by atoms with Gasteiger partial charge in [0.05, 0.1) is 22.7 Å². The summed E-state index contributed by atoms with van der Waals surface area (Å²) in [5, 5.41) is 12.2. The summed E-state index contributed by atoms with van der Waals surface area (Å²) >= 11 is 0. The number of hydrogen-bond donors (Lipinski definition) is 2. The topological polar surface area (TPSA) is 109 Å². The number of nitrogens with two attached hydrogens (primary N) is 1. The second-order valence-electron chi connectivity index (χ2n) is 5.83. The Morgan fingerprint density at radius 3 is 2.88 bits per heavy atom. The standard InChI is InChI=1S/C15H17FN4O3S/c1-20(8-14-10-3-2-4-13(10)18-19-14)15(21)11-7-9(24(17,22)23)5-6-12(11)16/h5-7H,2-4,8H2,1H3,(H,18,19)(H2,17,22,23). The predicted molar refractivity (Wildman–Crippen MR) is 84.2 cm³/mol. The number of nitrogens with zero attached hydrogens (tertiary/aromatic N) is 2. The number of benzene rings is 1. The maximum Gasteiger partial charge on any atom is 0.256 e. The Hall–Kier alpha value is -2.26. The van der Waals surface area contributed by atoms with Crippen molar-refractivity contribution in [3.8, 4) is 0 Å². The van der Waals surface area contributed by atoms with Crippen LogP contribution in [0.1, 0.15) is 33.7 Å². The molecule has 1 heterocycles. The number of aromatic nitrogens is 2. The molecule has 0 unspecified atom stereocenters. The van der Waals surface area contributed by atoms with Crippen LogP contribution in [0, 0.1) is 5.82 Å². The molecule has 0 aliphatic heterocycles. The Labute approximate surface area is 138 Å². The number of hydrogen-bond acceptors (Lipinski definition) is 4. The summed E-state index contributed by atoms with van der Waals surface area (Å²) in [6.45, 7) is 0.212. The van der Waals surface area contributed by atoms with Gasteiger partial charge >= 0.3 is 0 Å². The Bertz CT molecular complexity index is 907. The van der Waals surface area contributed by atoms with E-state index < -0.39 is 21.7 Å². The number of nitrogens with one attached hydrogen (secondary N) is 1. The third kappa shape index (κ3) is 3.04. The molecule has 3 N–H and O–H groups in total. The number of halogens is 1. The molecule has 0 fully saturated rings. The fourth-order valence-electron chi connectivity index (χ4n) is 2.87. The molecule has 3 rings (SSSR count). The summed E-state index contributed by atoms with van der Waals surface area (Å²) in [7, 11) is -2.50. The van der Waals surface area contributed by atoms with Crippen molar-refractivity contribution in [2.45, 2.75) is 30.7 Å². The van der Waals surface area contributed by atoms with Crippen LogP contribution in [-0.2, 0) is 29.4 Å². The number of sulfonamides is 1. The fourth-order valence-corrected chi connectivity index (χ4v) is 3.41. The SMILES string of the molecule is CN(Cc1n[nH]c2c1CCC2)C(=O)c1cc(S(N)(=O)=O)ccc1F. The number of H-pyrrole nitrogens is 1. The molecule has 1 aromatic carbocycles. The van der Waals surface area contributed by atoms with Crippen LogP contribution in [0.4, 0.5) is 4.39 Å². The summed E-state index contributed by atoms with van der Waals surface area (Å²) in [6, 6.07) is 2.91. The largest absolute Gasteiger partial charge is 0.336 e. The minimum absolute atomic E-state index is 0.212. The van der Waals surface area contributed by atoms with Gasteiger partial charge in [-0.1, -0.05) is 0 Å². The fraction of sp³-hybridized carbons (Fsp3) is 0.333. The van der Waals surface area contributed by atoms with Gasteiger partial charge in [-0.2, -0.15) is 5.10 Å². The van der Waals surface area contributed by atoms with Gasteiger partial charge in [-0.3, -0.25) is 9.89 Å². The number of primary sulfonamides is 1. The van der Waals surface area contributed by atoms with Gasteiger partial charge in [-0.05, 0) is 43.0 Å². The molecule has 0 saturated heterocycles. The predicted octanol–water partition coefficient (Wildman–Crippen LogP) is 0.957. The van der Waals surface area contributed by atoms with Crippen LogP contribution in [0.15, 0.2) is 23.1 Å². The van der Waals surface area contributed by atoms with Crippen molar-refractivity contribution in [2.75, 3.05) is 7.05 Å². The zero-order valence-electron chi connectivity index (χ0n) is 13.0. The summed E-state index contributed by atoms with van der Waals surface area (Å²) in [6.07, 6.45) is 2.88. The van der Waals surface area contributed by atoms with E-state index >= 15 is 0 Å². The molecule has 1 amide bonds. The summed E-state index contributed by atoms with van der Waals surface area (Å²) in [5.74, 6) is -1.43. The highest BCUT2D eigenvalue weighted by Crippen LogP contribution is 2.24. The van der Waals surface area contributed by atoms with E-state index in [0.717, 1.165) is 54.4 Å². The average molecular weight is 352 g/mol. The first kappa shape index (κ1) is 16.6. The molecule has 9 heteroatoms. The van der Waals surface area contributed by atoms with Crippen molar-refractivity contribution in [1.82, 2.24) is 15.1 Å². The Balaban J connectivity index is 1.85. The first-order valence-corrected chi connectivity index (χ1v) is 8.95. The van der Waals surface area contributed by atoms with Crippen molar-refractivity contribution < 1.29 is 17.6 Å². The molecule has 2 aromatic rings. The van der Waals surface area contributed by atoms with E-state index in [1.54, 1.807) is 0 Å². The smallest absolute Gasteiger partial charge is 0.256 e. The van der Waals surface area contributed by atoms with Gasteiger partial charge < -0.3 is 4.90 Å². The van der Waals surface area contributed by atoms with Crippen molar-refractivity contribution in [1.29, 1.82) is 0 Å². The molecule has 1 aliphatic rings. The average Bonchev–Trinajstić information content (AvgIpc) is 3.11. The minimum atomic E-state index is -4.01. The van der Waals surface area contributed by atoms with Crippen LogP contribution < -0.4 is 5.14 Å². The summed E-state index contributed by atoms with van der Waals surface area (Å²) in [4.78, 5) is 13.5. The van der Waals surface area contributed by atoms with Gasteiger partial charge in [0.15, 0.2) is 0 Å². The zero-order valence-corrected chi connectivity index (χ0v) is 13.9. The van der Waals surface area contributed by atoms with Crippen LogP contribution >= 0.6 is 0 Å². The highest BCUT2D eigenvalue weighted by molar-refractivity contribution is 7.89. The lowest BCUT2D eigenvalue weighted by Gasteiger charge is -2.17. The van der Waals surface area contributed by atoms with E-state index in [2.05, 4.69) is 10.2 Å². The quantitative estimate of drug-likeness (QED) is 0.854. The molecule has 0 radical (unpaired) electrons. The van der Waals surface area contributed by atoms with Crippen LogP contribution in [0.25, 0.3) is 0 Å². The first-order valence-electron chi connectivity index (χ1n) is 7.40. The van der Waals surface area contributed by atoms with Gasteiger partial charge in [-0.15, -0.1) is 0 Å². The van der Waals surface area contributed by atoms with E-state index in [1.807, 2.05) is 0 Å². The molecule has 7 nitrogen and oxygen atoms in total. The normalized spacial score (nSPS) is 13.8. The molecule has 24 heavy (non-hydrogen) atoms. The van der Waals surface area contributed by atoms with Crippen LogP contribution in [0.2, 0.25) is 0 Å². The molecule has 1 aliphatic carbocycles. The van der Waals surface area contributed by atoms with Gasteiger partial charge in [0.1, 0.15) is 5.82 Å². The maximum absolute atomic E-state index is 14.0. The molecular weight excluding hydrogens is 335 g/mol. The minimum Gasteiger partial charge on any atom is -0.336 e. The van der Waals surface area contributed by atoms with E-state index in [9.17, 15) is 17.6 Å². The number of aryl methyl sites for hydroxylation is 1. The van der Waals surface area contributed by atoms with E-state index in [4.69, 9.17) is 5.14 Å². The van der Waals surface area contributed by atoms with Crippen molar-refractivity contribution in [3.63, 3.8) is 0 Å². The van der Waals surface area contributed by atoms with Gasteiger partial charge in [-0.25, -0.2) is 17.9 Å². The number of aromatic amines is 1. The Morgan fingerprint density at radius 2 is 2.17 bits per heavy atom. The van der Waals surface area contributed by atoms with E-state index in [-0.39, 0.29) is 17.0 Å². The van der Waals surface area contributed by atoms with Gasteiger partial charge in [0, 0.05) is 12.7 Å². The van der Waals surface area contributed by atoms with Crippen LogP contribution in [0.5, 0.6) is 0 Å². The molecule has 0 spiro atoms. The molecule has 0 saturated carbocycles. The molecule has 128 valence electrons. The van der Waals surface area contributed by atoms with Crippen molar-refractivity contribution >= 4 is 15.9 Å². The third-order valence-electron chi connectivity index (χ3n) is 4.12. The molecule has 0 atom stereocenters. The zero-order chi connectivity index (χ0) is 17.5. The number of fused-ring (bicyclic) bond motifs is 1. The number of carbonyl (C=O) groups is 1. The molecular formula is C15H17FN4O3S. The Kier molecular flexibility index (Phi) is 4.14.